The molecule has 0 fully saturated rings. The van der Waals surface area contributed by atoms with Gasteiger partial charge in [-0.3, -0.25) is 4.79 Å². The standard InChI is InChI=1S/C18H23N3O3/c1-18(2,3)17-20-16(24-21-17)9-8-15(22)19-11-13-10-12-6-4-5-7-14(12)23-13/h4-7,13H,8-11H2,1-3H3,(H,19,22)/t13-/m0/s1. The van der Waals surface area contributed by atoms with Gasteiger partial charge >= 0.3 is 0 Å². The molecule has 0 unspecified atom stereocenters. The number of nitrogens with zero attached hydrogens (tertiary/aromatic N) is 2. The molecule has 1 aliphatic rings. The second kappa shape index (κ2) is 6.63. The van der Waals surface area contributed by atoms with Crippen LogP contribution in [0.3, 0.4) is 0 Å². The summed E-state index contributed by atoms with van der Waals surface area (Å²) < 4.78 is 11.0. The van der Waals surface area contributed by atoms with Crippen molar-refractivity contribution >= 4 is 5.91 Å². The summed E-state index contributed by atoms with van der Waals surface area (Å²) >= 11 is 0. The molecule has 1 N–H and O–H groups in total. The summed E-state index contributed by atoms with van der Waals surface area (Å²) in [6, 6.07) is 7.97. The van der Waals surface area contributed by atoms with Crippen LogP contribution in [0.25, 0.3) is 0 Å². The van der Waals surface area contributed by atoms with E-state index in [1.165, 1.54) is 5.56 Å². The van der Waals surface area contributed by atoms with Gasteiger partial charge in [-0.2, -0.15) is 4.98 Å². The molecule has 0 saturated heterocycles. The molecule has 1 aromatic carbocycles. The fraction of sp³-hybridized carbons (Fsp3) is 0.500. The van der Waals surface area contributed by atoms with E-state index in [4.69, 9.17) is 9.26 Å². The first kappa shape index (κ1) is 16.5. The first-order valence-electron chi connectivity index (χ1n) is 8.26. The van der Waals surface area contributed by atoms with Crippen molar-refractivity contribution in [3.63, 3.8) is 0 Å². The zero-order valence-electron chi connectivity index (χ0n) is 14.3. The smallest absolute Gasteiger partial charge is 0.227 e. The lowest BCUT2D eigenvalue weighted by Gasteiger charge is -2.11. The van der Waals surface area contributed by atoms with Gasteiger partial charge in [0, 0.05) is 24.7 Å². The molecule has 1 amide bonds. The van der Waals surface area contributed by atoms with E-state index in [0.717, 1.165) is 12.2 Å². The number of benzene rings is 1. The highest BCUT2D eigenvalue weighted by Crippen LogP contribution is 2.27. The van der Waals surface area contributed by atoms with E-state index in [0.29, 0.717) is 31.1 Å². The predicted molar refractivity (Wildman–Crippen MR) is 88.9 cm³/mol. The monoisotopic (exact) mass is 329 g/mol. The molecule has 1 aromatic heterocycles. The van der Waals surface area contributed by atoms with Crippen molar-refractivity contribution in [1.82, 2.24) is 15.5 Å². The number of carbonyl (C=O) groups is 1. The quantitative estimate of drug-likeness (QED) is 0.911. The van der Waals surface area contributed by atoms with Gasteiger partial charge in [0.05, 0.1) is 6.54 Å². The van der Waals surface area contributed by atoms with Gasteiger partial charge in [0.25, 0.3) is 0 Å². The average molecular weight is 329 g/mol. The molecule has 0 bridgehead atoms. The molecule has 1 atom stereocenters. The average Bonchev–Trinajstić information content (AvgIpc) is 3.16. The number of amides is 1. The molecule has 1 aliphatic heterocycles. The second-order valence-electron chi connectivity index (χ2n) is 7.12. The molecule has 6 nitrogen and oxygen atoms in total. The van der Waals surface area contributed by atoms with Crippen LogP contribution in [-0.4, -0.2) is 28.7 Å². The van der Waals surface area contributed by atoms with Gasteiger partial charge < -0.3 is 14.6 Å². The van der Waals surface area contributed by atoms with Crippen molar-refractivity contribution in [2.24, 2.45) is 0 Å². The van der Waals surface area contributed by atoms with E-state index in [9.17, 15) is 4.79 Å². The lowest BCUT2D eigenvalue weighted by Crippen LogP contribution is -2.34. The van der Waals surface area contributed by atoms with Crippen LogP contribution in [0.4, 0.5) is 0 Å². The Morgan fingerprint density at radius 3 is 2.83 bits per heavy atom. The van der Waals surface area contributed by atoms with Gasteiger partial charge in [-0.15, -0.1) is 0 Å². The Balaban J connectivity index is 1.42. The van der Waals surface area contributed by atoms with Crippen molar-refractivity contribution < 1.29 is 14.1 Å². The Labute approximate surface area is 141 Å². The van der Waals surface area contributed by atoms with Crippen LogP contribution in [0, 0.1) is 0 Å². The summed E-state index contributed by atoms with van der Waals surface area (Å²) in [5, 5.41) is 6.87. The molecule has 0 saturated carbocycles. The van der Waals surface area contributed by atoms with Gasteiger partial charge in [-0.05, 0) is 11.6 Å². The van der Waals surface area contributed by atoms with Crippen LogP contribution in [0.2, 0.25) is 0 Å². The van der Waals surface area contributed by atoms with Crippen molar-refractivity contribution in [3.8, 4) is 5.75 Å². The summed E-state index contributed by atoms with van der Waals surface area (Å²) in [5.74, 6) is 2.04. The van der Waals surface area contributed by atoms with Gasteiger partial charge in [-0.25, -0.2) is 0 Å². The van der Waals surface area contributed by atoms with Crippen LogP contribution in [-0.2, 0) is 23.1 Å². The number of aryl methyl sites for hydroxylation is 1. The molecule has 3 rings (SSSR count). The third kappa shape index (κ3) is 3.93. The van der Waals surface area contributed by atoms with Crippen LogP contribution >= 0.6 is 0 Å². The second-order valence-corrected chi connectivity index (χ2v) is 7.12. The van der Waals surface area contributed by atoms with E-state index in [1.807, 2.05) is 39.0 Å². The maximum absolute atomic E-state index is 12.0. The van der Waals surface area contributed by atoms with Gasteiger partial charge in [0.2, 0.25) is 11.8 Å². The highest BCUT2D eigenvalue weighted by atomic mass is 16.5. The number of aromatic nitrogens is 2. The highest BCUT2D eigenvalue weighted by Gasteiger charge is 2.23. The first-order chi connectivity index (χ1) is 11.4. The molecule has 0 radical (unpaired) electrons. The summed E-state index contributed by atoms with van der Waals surface area (Å²) in [5.41, 5.74) is 1.04. The minimum absolute atomic E-state index is 0.00208. The number of rotatable bonds is 5. The van der Waals surface area contributed by atoms with Crippen molar-refractivity contribution in [2.75, 3.05) is 6.54 Å². The van der Waals surface area contributed by atoms with E-state index >= 15 is 0 Å². The lowest BCUT2D eigenvalue weighted by atomic mass is 9.96. The van der Waals surface area contributed by atoms with Crippen LogP contribution < -0.4 is 10.1 Å². The van der Waals surface area contributed by atoms with Crippen molar-refractivity contribution in [2.45, 2.75) is 51.6 Å². The Morgan fingerprint density at radius 2 is 2.12 bits per heavy atom. The topological polar surface area (TPSA) is 77.2 Å². The van der Waals surface area contributed by atoms with Crippen LogP contribution in [0.5, 0.6) is 5.75 Å². The number of para-hydroxylation sites is 1. The fourth-order valence-corrected chi connectivity index (χ4v) is 2.57. The number of fused-ring (bicyclic) bond motifs is 1. The fourth-order valence-electron chi connectivity index (χ4n) is 2.57. The van der Waals surface area contributed by atoms with Gasteiger partial charge in [0.1, 0.15) is 11.9 Å². The minimum Gasteiger partial charge on any atom is -0.488 e. The van der Waals surface area contributed by atoms with E-state index in [1.54, 1.807) is 0 Å². The number of hydrogen-bond acceptors (Lipinski definition) is 5. The maximum Gasteiger partial charge on any atom is 0.227 e. The lowest BCUT2D eigenvalue weighted by molar-refractivity contribution is -0.121. The van der Waals surface area contributed by atoms with Gasteiger partial charge in [0.15, 0.2) is 5.82 Å². The highest BCUT2D eigenvalue weighted by molar-refractivity contribution is 5.76. The minimum atomic E-state index is -0.154. The number of carbonyl (C=O) groups excluding carboxylic acids is 1. The molecule has 24 heavy (non-hydrogen) atoms. The molecular weight excluding hydrogens is 306 g/mol. The van der Waals surface area contributed by atoms with E-state index in [-0.39, 0.29) is 17.4 Å². The molecule has 2 heterocycles. The number of hydrogen-bond donors (Lipinski definition) is 1. The predicted octanol–water partition coefficient (Wildman–Crippen LogP) is 2.42. The summed E-state index contributed by atoms with van der Waals surface area (Å²) in [6.07, 6.45) is 1.60. The Hall–Kier alpha value is -2.37. The molecule has 2 aromatic rings. The summed E-state index contributed by atoms with van der Waals surface area (Å²) in [4.78, 5) is 16.3. The van der Waals surface area contributed by atoms with E-state index in [2.05, 4.69) is 21.5 Å². The third-order valence-corrected chi connectivity index (χ3v) is 3.95. The normalized spacial score (nSPS) is 16.5. The molecule has 0 aliphatic carbocycles. The van der Waals surface area contributed by atoms with Gasteiger partial charge in [-0.1, -0.05) is 44.1 Å². The maximum atomic E-state index is 12.0. The zero-order chi connectivity index (χ0) is 17.2. The van der Waals surface area contributed by atoms with Crippen molar-refractivity contribution in [1.29, 1.82) is 0 Å². The van der Waals surface area contributed by atoms with Crippen LogP contribution in [0.15, 0.2) is 28.8 Å². The SMILES string of the molecule is CC(C)(C)c1noc(CCC(=O)NC[C@@H]2Cc3ccccc3O2)n1. The largest absolute Gasteiger partial charge is 0.488 e. The third-order valence-electron chi connectivity index (χ3n) is 3.95. The molecule has 6 heteroatoms. The molecule has 0 spiro atoms. The van der Waals surface area contributed by atoms with Crippen LogP contribution in [0.1, 0.15) is 44.5 Å². The Kier molecular flexibility index (Phi) is 4.55. The van der Waals surface area contributed by atoms with Crippen molar-refractivity contribution in [3.05, 3.63) is 41.5 Å². The molecule has 128 valence electrons. The summed E-state index contributed by atoms with van der Waals surface area (Å²) in [7, 11) is 0. The Bertz CT molecular complexity index is 693. The summed E-state index contributed by atoms with van der Waals surface area (Å²) in [6.45, 7) is 6.57. The zero-order valence-corrected chi connectivity index (χ0v) is 14.3. The van der Waals surface area contributed by atoms with E-state index < -0.39 is 0 Å². The first-order valence-corrected chi connectivity index (χ1v) is 8.26. The number of ether oxygens (including phenoxy) is 1. The molecular formula is C18H23N3O3. The Morgan fingerprint density at radius 1 is 1.33 bits per heavy atom. The number of nitrogens with one attached hydrogen (secondary N) is 1.